The molecule has 4 rings (SSSR count). The molecule has 1 aliphatic rings. The van der Waals surface area contributed by atoms with Crippen LogP contribution in [0.1, 0.15) is 6.42 Å². The number of anilines is 4. The summed E-state index contributed by atoms with van der Waals surface area (Å²) in [5.74, 6) is 0.754. The van der Waals surface area contributed by atoms with Gasteiger partial charge in [0.15, 0.2) is 0 Å². The van der Waals surface area contributed by atoms with Crippen molar-refractivity contribution >= 4 is 49.7 Å². The van der Waals surface area contributed by atoms with Crippen LogP contribution < -0.4 is 16.4 Å². The molecule has 0 unspecified atom stereocenters. The molecule has 0 saturated carbocycles. The quantitative estimate of drug-likeness (QED) is 0.367. The van der Waals surface area contributed by atoms with E-state index in [1.165, 1.54) is 0 Å². The van der Waals surface area contributed by atoms with E-state index in [0.29, 0.717) is 5.69 Å². The Kier molecular flexibility index (Phi) is 6.43. The Hall–Kier alpha value is -2.42. The molecule has 0 aliphatic carbocycles. The predicted molar refractivity (Wildman–Crippen MR) is 122 cm³/mol. The van der Waals surface area contributed by atoms with E-state index < -0.39 is 0 Å². The Bertz CT molecular complexity index is 977. The lowest BCUT2D eigenvalue weighted by molar-refractivity contribution is 0.0378. The van der Waals surface area contributed by atoms with Crippen molar-refractivity contribution in [2.45, 2.75) is 6.42 Å². The van der Waals surface area contributed by atoms with Gasteiger partial charge in [-0.2, -0.15) is 0 Å². The van der Waals surface area contributed by atoms with Crippen LogP contribution in [0.5, 0.6) is 0 Å². The lowest BCUT2D eigenvalue weighted by Crippen LogP contribution is -2.37. The van der Waals surface area contributed by atoms with E-state index in [1.54, 1.807) is 6.33 Å². The highest BCUT2D eigenvalue weighted by Crippen LogP contribution is 2.30. The molecule has 8 heteroatoms. The zero-order valence-electron chi connectivity index (χ0n) is 16.2. The summed E-state index contributed by atoms with van der Waals surface area (Å²) in [6.07, 6.45) is 2.60. The minimum Gasteiger partial charge on any atom is -0.397 e. The van der Waals surface area contributed by atoms with Gasteiger partial charge in [0.05, 0.1) is 30.1 Å². The highest BCUT2D eigenvalue weighted by molar-refractivity contribution is 9.10. The molecule has 1 fully saturated rings. The number of nitrogen functional groups attached to an aromatic ring is 1. The molecule has 0 atom stereocenters. The van der Waals surface area contributed by atoms with Crippen LogP contribution in [-0.2, 0) is 4.74 Å². The number of benzene rings is 2. The van der Waals surface area contributed by atoms with Gasteiger partial charge in [0, 0.05) is 35.2 Å². The van der Waals surface area contributed by atoms with Gasteiger partial charge in [0.1, 0.15) is 12.1 Å². The second-order valence-corrected chi connectivity index (χ2v) is 7.96. The normalized spacial score (nSPS) is 14.8. The Morgan fingerprint density at radius 2 is 2.00 bits per heavy atom. The van der Waals surface area contributed by atoms with Crippen LogP contribution in [0.3, 0.4) is 0 Å². The molecule has 1 aromatic heterocycles. The van der Waals surface area contributed by atoms with Crippen molar-refractivity contribution in [2.75, 3.05) is 55.8 Å². The van der Waals surface area contributed by atoms with Crippen LogP contribution in [0.2, 0.25) is 0 Å². The van der Waals surface area contributed by atoms with Crippen molar-refractivity contribution in [3.8, 4) is 0 Å². The molecule has 2 aromatic carbocycles. The minimum atomic E-state index is 0.691. The number of nitrogens with two attached hydrogens (primary N) is 1. The van der Waals surface area contributed by atoms with Crippen molar-refractivity contribution < 1.29 is 4.74 Å². The first kappa shape index (κ1) is 19.9. The fraction of sp³-hybridized carbons (Fsp3) is 0.333. The molecule has 0 amide bonds. The average Bonchev–Trinajstić information content (AvgIpc) is 2.72. The molecule has 7 nitrogen and oxygen atoms in total. The summed E-state index contributed by atoms with van der Waals surface area (Å²) in [7, 11) is 0. The lowest BCUT2D eigenvalue weighted by Gasteiger charge is -2.26. The average molecular weight is 457 g/mol. The molecular formula is C21H25BrN6O. The summed E-state index contributed by atoms with van der Waals surface area (Å²) in [4.78, 5) is 11.2. The first-order valence-corrected chi connectivity index (χ1v) is 10.6. The molecule has 2 heterocycles. The summed E-state index contributed by atoms with van der Waals surface area (Å²) in [5.41, 5.74) is 9.63. The second-order valence-electron chi connectivity index (χ2n) is 7.05. The lowest BCUT2D eigenvalue weighted by atomic mass is 10.1. The Balaban J connectivity index is 1.47. The number of ether oxygens (including phenoxy) is 1. The highest BCUT2D eigenvalue weighted by atomic mass is 79.9. The number of nitrogens with zero attached hydrogens (tertiary/aromatic N) is 3. The van der Waals surface area contributed by atoms with Crippen molar-refractivity contribution in [2.24, 2.45) is 0 Å². The van der Waals surface area contributed by atoms with Gasteiger partial charge in [-0.1, -0.05) is 22.0 Å². The number of fused-ring (bicyclic) bond motifs is 1. The molecule has 0 radical (unpaired) electrons. The maximum absolute atomic E-state index is 6.26. The van der Waals surface area contributed by atoms with Crippen molar-refractivity contribution in [1.82, 2.24) is 14.9 Å². The third kappa shape index (κ3) is 5.14. The fourth-order valence-corrected chi connectivity index (χ4v) is 3.82. The molecule has 3 aromatic rings. The Morgan fingerprint density at radius 3 is 2.83 bits per heavy atom. The largest absolute Gasteiger partial charge is 0.397 e. The molecule has 0 spiro atoms. The molecule has 1 saturated heterocycles. The van der Waals surface area contributed by atoms with Gasteiger partial charge in [-0.15, -0.1) is 0 Å². The number of morpholine rings is 1. The zero-order chi connectivity index (χ0) is 20.1. The smallest absolute Gasteiger partial charge is 0.141 e. The molecule has 152 valence electrons. The number of nitrogens with one attached hydrogen (secondary N) is 2. The first-order chi connectivity index (χ1) is 14.2. The number of hydrogen-bond acceptors (Lipinski definition) is 7. The third-order valence-electron chi connectivity index (χ3n) is 4.96. The standard InChI is InChI=1S/C21H25BrN6O/c22-15-3-1-4-16(11-15)27-21-17-12-20(18(23)13-19(17)25-14-26-21)24-5-2-6-28-7-9-29-10-8-28/h1,3-4,11-14,24H,2,5-10,23H2,(H,25,26,27). The van der Waals surface area contributed by atoms with Crippen molar-refractivity contribution in [1.29, 1.82) is 0 Å². The number of aromatic nitrogens is 2. The van der Waals surface area contributed by atoms with E-state index in [1.807, 2.05) is 36.4 Å². The van der Waals surface area contributed by atoms with Gasteiger partial charge in [-0.25, -0.2) is 9.97 Å². The van der Waals surface area contributed by atoms with E-state index >= 15 is 0 Å². The van der Waals surface area contributed by atoms with Gasteiger partial charge in [-0.3, -0.25) is 4.90 Å². The van der Waals surface area contributed by atoms with Crippen LogP contribution in [0, 0.1) is 0 Å². The zero-order valence-corrected chi connectivity index (χ0v) is 17.8. The van der Waals surface area contributed by atoms with Crippen LogP contribution in [0.15, 0.2) is 47.2 Å². The summed E-state index contributed by atoms with van der Waals surface area (Å²) in [6, 6.07) is 11.9. The van der Waals surface area contributed by atoms with Crippen LogP contribution in [0.25, 0.3) is 10.9 Å². The SMILES string of the molecule is Nc1cc2ncnc(Nc3cccc(Br)c3)c2cc1NCCCN1CCOCC1. The Labute approximate surface area is 178 Å². The van der Waals surface area contributed by atoms with Gasteiger partial charge in [0.25, 0.3) is 0 Å². The van der Waals surface area contributed by atoms with Gasteiger partial charge in [0.2, 0.25) is 0 Å². The molecule has 4 N–H and O–H groups in total. The first-order valence-electron chi connectivity index (χ1n) is 9.80. The fourth-order valence-electron chi connectivity index (χ4n) is 3.43. The van der Waals surface area contributed by atoms with Gasteiger partial charge in [-0.05, 0) is 43.3 Å². The predicted octanol–water partition coefficient (Wildman–Crippen LogP) is 3.85. The van der Waals surface area contributed by atoms with Crippen LogP contribution >= 0.6 is 15.9 Å². The van der Waals surface area contributed by atoms with Crippen LogP contribution in [0.4, 0.5) is 22.9 Å². The van der Waals surface area contributed by atoms with Gasteiger partial charge >= 0.3 is 0 Å². The van der Waals surface area contributed by atoms with E-state index in [9.17, 15) is 0 Å². The maximum Gasteiger partial charge on any atom is 0.141 e. The van der Waals surface area contributed by atoms with E-state index in [4.69, 9.17) is 10.5 Å². The molecular weight excluding hydrogens is 432 g/mol. The minimum absolute atomic E-state index is 0.691. The highest BCUT2D eigenvalue weighted by Gasteiger charge is 2.11. The van der Waals surface area contributed by atoms with Crippen molar-refractivity contribution in [3.63, 3.8) is 0 Å². The van der Waals surface area contributed by atoms with E-state index in [2.05, 4.69) is 41.4 Å². The number of hydrogen-bond donors (Lipinski definition) is 3. The third-order valence-corrected chi connectivity index (χ3v) is 5.46. The summed E-state index contributed by atoms with van der Waals surface area (Å²) < 4.78 is 6.41. The summed E-state index contributed by atoms with van der Waals surface area (Å²) in [5, 5.41) is 7.78. The second kappa shape index (κ2) is 9.39. The van der Waals surface area contributed by atoms with Gasteiger partial charge < -0.3 is 21.1 Å². The van der Waals surface area contributed by atoms with E-state index in [0.717, 1.165) is 78.4 Å². The van der Waals surface area contributed by atoms with Crippen LogP contribution in [-0.4, -0.2) is 54.3 Å². The van der Waals surface area contributed by atoms with E-state index in [-0.39, 0.29) is 0 Å². The maximum atomic E-state index is 6.26. The number of halogens is 1. The molecule has 29 heavy (non-hydrogen) atoms. The molecule has 1 aliphatic heterocycles. The molecule has 0 bridgehead atoms. The van der Waals surface area contributed by atoms with Crippen molar-refractivity contribution in [3.05, 3.63) is 47.2 Å². The summed E-state index contributed by atoms with van der Waals surface area (Å²) in [6.45, 7) is 5.61. The topological polar surface area (TPSA) is 88.3 Å². The number of rotatable bonds is 7. The Morgan fingerprint density at radius 1 is 1.14 bits per heavy atom. The summed E-state index contributed by atoms with van der Waals surface area (Å²) >= 11 is 3.50. The monoisotopic (exact) mass is 456 g/mol.